The first-order chi connectivity index (χ1) is 7.83. The van der Waals surface area contributed by atoms with Crippen molar-refractivity contribution in [3.63, 3.8) is 0 Å². The molecule has 0 bridgehead atoms. The van der Waals surface area contributed by atoms with Crippen LogP contribution in [0.2, 0.25) is 0 Å². The molecule has 16 heavy (non-hydrogen) atoms. The van der Waals surface area contributed by atoms with Gasteiger partial charge in [0.25, 0.3) is 0 Å². The summed E-state index contributed by atoms with van der Waals surface area (Å²) in [7, 11) is 0. The zero-order valence-electron chi connectivity index (χ0n) is 9.19. The highest BCUT2D eigenvalue weighted by molar-refractivity contribution is 5.34. The minimum absolute atomic E-state index is 0.184. The number of nitrogens with zero attached hydrogens (tertiary/aromatic N) is 1. The van der Waals surface area contributed by atoms with Crippen LogP contribution in [0.1, 0.15) is 11.6 Å². The lowest BCUT2D eigenvalue weighted by Crippen LogP contribution is -2.45. The highest BCUT2D eigenvalue weighted by Crippen LogP contribution is 2.28. The maximum absolute atomic E-state index is 13.1. The molecule has 0 saturated carbocycles. The highest BCUT2D eigenvalue weighted by Gasteiger charge is 2.23. The number of halogens is 1. The van der Waals surface area contributed by atoms with Crippen molar-refractivity contribution in [2.45, 2.75) is 6.04 Å². The fourth-order valence-electron chi connectivity index (χ4n) is 2.14. The Labute approximate surface area is 94.9 Å². The summed E-state index contributed by atoms with van der Waals surface area (Å²) in [6, 6.07) is 6.68. The number of phenolic OH excluding ortho intramolecular Hbond substituents is 1. The molecule has 1 atom stereocenters. The maximum atomic E-state index is 13.1. The van der Waals surface area contributed by atoms with E-state index < -0.39 is 6.67 Å². The van der Waals surface area contributed by atoms with Crippen LogP contribution in [0, 0.1) is 0 Å². The number of piperazine rings is 1. The summed E-state index contributed by atoms with van der Waals surface area (Å²) in [5.41, 5.74) is 0.687. The number of rotatable bonds is 3. The van der Waals surface area contributed by atoms with Crippen molar-refractivity contribution >= 4 is 0 Å². The fourth-order valence-corrected chi connectivity index (χ4v) is 2.14. The first-order valence-electron chi connectivity index (χ1n) is 5.61. The summed E-state index contributed by atoms with van der Waals surface area (Å²) in [6.45, 7) is 2.94. The summed E-state index contributed by atoms with van der Waals surface area (Å²) < 4.78 is 13.1. The van der Waals surface area contributed by atoms with Gasteiger partial charge in [-0.15, -0.1) is 0 Å². The standard InChI is InChI=1S/C12H17FN2O/c13-9-11(15-7-5-14-6-8-15)10-3-1-2-4-12(10)16/h1-4,11,14,16H,5-9H2/t11-/m0/s1. The Hall–Kier alpha value is -1.13. The van der Waals surface area contributed by atoms with Crippen LogP contribution in [0.5, 0.6) is 5.75 Å². The number of phenols is 1. The van der Waals surface area contributed by atoms with Gasteiger partial charge in [0.1, 0.15) is 12.4 Å². The Morgan fingerprint density at radius 1 is 1.31 bits per heavy atom. The molecule has 88 valence electrons. The van der Waals surface area contributed by atoms with E-state index in [9.17, 15) is 9.50 Å². The molecule has 4 heteroatoms. The third-order valence-corrected chi connectivity index (χ3v) is 3.03. The van der Waals surface area contributed by atoms with Crippen molar-refractivity contribution in [2.75, 3.05) is 32.9 Å². The zero-order valence-corrected chi connectivity index (χ0v) is 9.19. The van der Waals surface area contributed by atoms with Crippen molar-refractivity contribution in [3.8, 4) is 5.75 Å². The average molecular weight is 224 g/mol. The number of aromatic hydroxyl groups is 1. The van der Waals surface area contributed by atoms with Crippen molar-refractivity contribution in [1.29, 1.82) is 0 Å². The van der Waals surface area contributed by atoms with Gasteiger partial charge in [-0.3, -0.25) is 4.90 Å². The molecule has 1 heterocycles. The van der Waals surface area contributed by atoms with Gasteiger partial charge in [0.2, 0.25) is 0 Å². The van der Waals surface area contributed by atoms with E-state index in [-0.39, 0.29) is 11.8 Å². The molecule has 1 aliphatic heterocycles. The van der Waals surface area contributed by atoms with Gasteiger partial charge in [-0.05, 0) is 6.07 Å². The number of para-hydroxylation sites is 1. The van der Waals surface area contributed by atoms with E-state index in [0.717, 1.165) is 26.2 Å². The minimum atomic E-state index is -0.461. The average Bonchev–Trinajstić information content (AvgIpc) is 2.34. The molecule has 0 aliphatic carbocycles. The van der Waals surface area contributed by atoms with Crippen LogP contribution in [0.15, 0.2) is 24.3 Å². The third-order valence-electron chi connectivity index (χ3n) is 3.03. The predicted molar refractivity (Wildman–Crippen MR) is 61.3 cm³/mol. The van der Waals surface area contributed by atoms with Crippen molar-refractivity contribution < 1.29 is 9.50 Å². The second kappa shape index (κ2) is 5.27. The summed E-state index contributed by atoms with van der Waals surface area (Å²) in [6.07, 6.45) is 0. The number of hydrogen-bond acceptors (Lipinski definition) is 3. The number of hydrogen-bond donors (Lipinski definition) is 2. The quantitative estimate of drug-likeness (QED) is 0.812. The highest BCUT2D eigenvalue weighted by atomic mass is 19.1. The topological polar surface area (TPSA) is 35.5 Å². The van der Waals surface area contributed by atoms with Crippen LogP contribution in [-0.2, 0) is 0 Å². The Bertz CT molecular complexity index is 340. The maximum Gasteiger partial charge on any atom is 0.120 e. The Morgan fingerprint density at radius 2 is 2.00 bits per heavy atom. The van der Waals surface area contributed by atoms with Crippen molar-refractivity contribution in [1.82, 2.24) is 10.2 Å². The lowest BCUT2D eigenvalue weighted by Gasteiger charge is -2.33. The molecule has 1 aromatic carbocycles. The molecular weight excluding hydrogens is 207 g/mol. The summed E-state index contributed by atoms with van der Waals surface area (Å²) >= 11 is 0. The third kappa shape index (κ3) is 2.33. The van der Waals surface area contributed by atoms with E-state index in [1.54, 1.807) is 18.2 Å². The van der Waals surface area contributed by atoms with Gasteiger partial charge < -0.3 is 10.4 Å². The molecule has 1 fully saturated rings. The minimum Gasteiger partial charge on any atom is -0.508 e. The van der Waals surface area contributed by atoms with E-state index in [1.165, 1.54) is 0 Å². The summed E-state index contributed by atoms with van der Waals surface area (Å²) in [5, 5.41) is 13.0. The molecule has 0 unspecified atom stereocenters. The lowest BCUT2D eigenvalue weighted by atomic mass is 10.0. The lowest BCUT2D eigenvalue weighted by molar-refractivity contribution is 0.145. The van der Waals surface area contributed by atoms with Gasteiger partial charge in [-0.25, -0.2) is 4.39 Å². The number of benzene rings is 1. The van der Waals surface area contributed by atoms with Crippen LogP contribution >= 0.6 is 0 Å². The summed E-state index contributed by atoms with van der Waals surface area (Å²) in [5.74, 6) is 0.184. The molecule has 3 nitrogen and oxygen atoms in total. The van der Waals surface area contributed by atoms with Crippen LogP contribution in [-0.4, -0.2) is 42.9 Å². The van der Waals surface area contributed by atoms with Gasteiger partial charge in [0.15, 0.2) is 0 Å². The molecule has 0 aromatic heterocycles. The van der Waals surface area contributed by atoms with E-state index in [2.05, 4.69) is 10.2 Å². The first kappa shape index (κ1) is 11.4. The number of alkyl halides is 1. The SMILES string of the molecule is Oc1ccccc1[C@H](CF)N1CCNCC1. The largest absolute Gasteiger partial charge is 0.508 e. The molecule has 0 radical (unpaired) electrons. The molecule has 1 aromatic rings. The number of nitrogens with one attached hydrogen (secondary N) is 1. The Morgan fingerprint density at radius 3 is 2.62 bits per heavy atom. The van der Waals surface area contributed by atoms with Gasteiger partial charge in [-0.2, -0.15) is 0 Å². The molecular formula is C12H17FN2O. The van der Waals surface area contributed by atoms with Crippen molar-refractivity contribution in [2.24, 2.45) is 0 Å². The second-order valence-electron chi connectivity index (χ2n) is 4.01. The van der Waals surface area contributed by atoms with Gasteiger partial charge in [0.05, 0.1) is 6.04 Å². The summed E-state index contributed by atoms with van der Waals surface area (Å²) in [4.78, 5) is 2.07. The van der Waals surface area contributed by atoms with Gasteiger partial charge in [-0.1, -0.05) is 18.2 Å². The molecule has 2 rings (SSSR count). The molecule has 1 aliphatic rings. The van der Waals surface area contributed by atoms with E-state index in [0.29, 0.717) is 5.56 Å². The first-order valence-corrected chi connectivity index (χ1v) is 5.61. The molecule has 1 saturated heterocycles. The van der Waals surface area contributed by atoms with Crippen LogP contribution in [0.25, 0.3) is 0 Å². The monoisotopic (exact) mass is 224 g/mol. The molecule has 0 amide bonds. The Balaban J connectivity index is 2.18. The normalized spacial score (nSPS) is 19.6. The fraction of sp³-hybridized carbons (Fsp3) is 0.500. The molecule has 2 N–H and O–H groups in total. The predicted octanol–water partition coefficient (Wildman–Crippen LogP) is 1.31. The van der Waals surface area contributed by atoms with Gasteiger partial charge >= 0.3 is 0 Å². The van der Waals surface area contributed by atoms with Crippen molar-refractivity contribution in [3.05, 3.63) is 29.8 Å². The van der Waals surface area contributed by atoms with Crippen LogP contribution in [0.3, 0.4) is 0 Å². The van der Waals surface area contributed by atoms with Crippen LogP contribution in [0.4, 0.5) is 4.39 Å². The van der Waals surface area contributed by atoms with E-state index in [1.807, 2.05) is 6.07 Å². The Kier molecular flexibility index (Phi) is 3.74. The van der Waals surface area contributed by atoms with E-state index in [4.69, 9.17) is 0 Å². The van der Waals surface area contributed by atoms with Gasteiger partial charge in [0, 0.05) is 31.7 Å². The van der Waals surface area contributed by atoms with Crippen LogP contribution < -0.4 is 5.32 Å². The smallest absolute Gasteiger partial charge is 0.120 e. The zero-order chi connectivity index (χ0) is 11.4. The van der Waals surface area contributed by atoms with E-state index >= 15 is 0 Å². The second-order valence-corrected chi connectivity index (χ2v) is 4.01. The molecule has 0 spiro atoms.